The zero-order valence-electron chi connectivity index (χ0n) is 6.18. The molecule has 0 aromatic carbocycles. The van der Waals surface area contributed by atoms with Crippen LogP contribution in [0.15, 0.2) is 0 Å². The summed E-state index contributed by atoms with van der Waals surface area (Å²) in [4.78, 5) is 0. The number of hydrogen-bond acceptors (Lipinski definition) is 5. The quantitative estimate of drug-likeness (QED) is 0.338. The molecule has 4 atom stereocenters. The molecule has 5 heteroatoms. The molecule has 1 fully saturated rings. The molecule has 0 saturated carbocycles. The first-order valence-corrected chi connectivity index (χ1v) is 3.60. The zero-order valence-corrected chi connectivity index (χ0v) is 6.18. The lowest BCUT2D eigenvalue weighted by Gasteiger charge is -2.35. The van der Waals surface area contributed by atoms with Crippen LogP contribution in [0.4, 0.5) is 0 Å². The molecule has 0 spiro atoms. The lowest BCUT2D eigenvalue weighted by molar-refractivity contribution is -0.139. The second-order valence-electron chi connectivity index (χ2n) is 2.75. The maximum absolute atomic E-state index is 9.27. The van der Waals surface area contributed by atoms with Crippen molar-refractivity contribution in [2.75, 3.05) is 13.2 Å². The topological polar surface area (TPSA) is 102 Å². The van der Waals surface area contributed by atoms with Gasteiger partial charge in [0.25, 0.3) is 0 Å². The first-order valence-electron chi connectivity index (χ1n) is 3.60. The molecule has 1 saturated heterocycles. The fourth-order valence-corrected chi connectivity index (χ4v) is 1.11. The fraction of sp³-hybridized carbons (Fsp3) is 1.00. The molecule has 6 N–H and O–H groups in total. The lowest BCUT2D eigenvalue weighted by atomic mass is 9.99. The summed E-state index contributed by atoms with van der Waals surface area (Å²) in [6.45, 7) is 0.449. The summed E-state index contributed by atoms with van der Waals surface area (Å²) < 4.78 is 5.06. The van der Waals surface area contributed by atoms with Gasteiger partial charge in [-0.3, -0.25) is 0 Å². The van der Waals surface area contributed by atoms with Crippen LogP contribution in [0.2, 0.25) is 0 Å². The van der Waals surface area contributed by atoms with Gasteiger partial charge in [-0.05, 0) is 0 Å². The SMILES string of the molecule is NCC1OCC(N)C(O)C1O. The van der Waals surface area contributed by atoms with Crippen molar-refractivity contribution in [3.63, 3.8) is 0 Å². The van der Waals surface area contributed by atoms with Gasteiger partial charge in [0.2, 0.25) is 0 Å². The molecular weight excluding hydrogens is 148 g/mol. The zero-order chi connectivity index (χ0) is 8.43. The van der Waals surface area contributed by atoms with Crippen molar-refractivity contribution in [3.8, 4) is 0 Å². The van der Waals surface area contributed by atoms with Crippen molar-refractivity contribution < 1.29 is 14.9 Å². The molecule has 0 bridgehead atoms. The van der Waals surface area contributed by atoms with Gasteiger partial charge in [-0.2, -0.15) is 0 Å². The standard InChI is InChI=1S/C6H14N2O3/c7-1-4-6(10)5(9)3(8)2-11-4/h3-6,9-10H,1-2,7-8H2. The van der Waals surface area contributed by atoms with Gasteiger partial charge in [0.15, 0.2) is 0 Å². The van der Waals surface area contributed by atoms with Crippen molar-refractivity contribution in [1.29, 1.82) is 0 Å². The average molecular weight is 162 g/mol. The molecule has 4 unspecified atom stereocenters. The number of hydrogen-bond donors (Lipinski definition) is 4. The second kappa shape index (κ2) is 3.46. The highest BCUT2D eigenvalue weighted by atomic mass is 16.5. The Balaban J connectivity index is 2.52. The van der Waals surface area contributed by atoms with Crippen LogP contribution in [-0.2, 0) is 4.74 Å². The van der Waals surface area contributed by atoms with E-state index < -0.39 is 24.4 Å². The van der Waals surface area contributed by atoms with Crippen LogP contribution < -0.4 is 11.5 Å². The van der Waals surface area contributed by atoms with E-state index in [1.54, 1.807) is 0 Å². The average Bonchev–Trinajstić information content (AvgIpc) is 2.01. The predicted octanol–water partition coefficient (Wildman–Crippen LogP) is -2.61. The summed E-state index contributed by atoms with van der Waals surface area (Å²) >= 11 is 0. The molecule has 66 valence electrons. The van der Waals surface area contributed by atoms with Crippen molar-refractivity contribution in [2.24, 2.45) is 11.5 Å². The molecule has 0 amide bonds. The predicted molar refractivity (Wildman–Crippen MR) is 38.8 cm³/mol. The molecule has 1 heterocycles. The third kappa shape index (κ3) is 1.69. The highest BCUT2D eigenvalue weighted by molar-refractivity contribution is 4.88. The van der Waals surface area contributed by atoms with Gasteiger partial charge in [-0.25, -0.2) is 0 Å². The molecule has 1 rings (SSSR count). The van der Waals surface area contributed by atoms with E-state index >= 15 is 0 Å². The Morgan fingerprint density at radius 1 is 1.36 bits per heavy atom. The summed E-state index contributed by atoms with van der Waals surface area (Å²) in [5.74, 6) is 0. The summed E-state index contributed by atoms with van der Waals surface area (Å²) in [6, 6.07) is -0.507. The third-order valence-electron chi connectivity index (χ3n) is 1.90. The minimum atomic E-state index is -0.955. The van der Waals surface area contributed by atoms with Crippen LogP contribution in [0.25, 0.3) is 0 Å². The molecule has 0 aromatic heterocycles. The molecule has 0 aliphatic carbocycles. The van der Waals surface area contributed by atoms with Crippen LogP contribution in [-0.4, -0.2) is 47.7 Å². The van der Waals surface area contributed by atoms with E-state index in [1.807, 2.05) is 0 Å². The van der Waals surface area contributed by atoms with E-state index in [1.165, 1.54) is 0 Å². The van der Waals surface area contributed by atoms with E-state index in [-0.39, 0.29) is 13.2 Å². The number of aliphatic hydroxyl groups is 2. The number of rotatable bonds is 1. The van der Waals surface area contributed by atoms with Crippen molar-refractivity contribution >= 4 is 0 Å². The van der Waals surface area contributed by atoms with Crippen LogP contribution in [0.1, 0.15) is 0 Å². The molecule has 0 aromatic rings. The molecular formula is C6H14N2O3. The molecule has 1 aliphatic heterocycles. The van der Waals surface area contributed by atoms with Crippen LogP contribution in [0.5, 0.6) is 0 Å². The number of nitrogens with two attached hydrogens (primary N) is 2. The number of ether oxygens (including phenoxy) is 1. The fourth-order valence-electron chi connectivity index (χ4n) is 1.11. The smallest absolute Gasteiger partial charge is 0.109 e. The van der Waals surface area contributed by atoms with Gasteiger partial charge < -0.3 is 26.4 Å². The van der Waals surface area contributed by atoms with Gasteiger partial charge in [-0.15, -0.1) is 0 Å². The summed E-state index contributed by atoms with van der Waals surface area (Å²) in [6.07, 6.45) is -2.36. The Hall–Kier alpha value is -0.200. The van der Waals surface area contributed by atoms with Gasteiger partial charge in [0.05, 0.1) is 24.9 Å². The number of aliphatic hydroxyl groups excluding tert-OH is 2. The second-order valence-corrected chi connectivity index (χ2v) is 2.75. The molecule has 0 radical (unpaired) electrons. The van der Waals surface area contributed by atoms with Crippen LogP contribution >= 0.6 is 0 Å². The van der Waals surface area contributed by atoms with Gasteiger partial charge >= 0.3 is 0 Å². The molecule has 1 aliphatic rings. The normalized spacial score (nSPS) is 45.8. The molecule has 11 heavy (non-hydrogen) atoms. The maximum Gasteiger partial charge on any atom is 0.109 e. The van der Waals surface area contributed by atoms with E-state index in [4.69, 9.17) is 16.2 Å². The Kier molecular flexibility index (Phi) is 2.80. The third-order valence-corrected chi connectivity index (χ3v) is 1.90. The largest absolute Gasteiger partial charge is 0.389 e. The lowest BCUT2D eigenvalue weighted by Crippen LogP contribution is -2.58. The first-order chi connectivity index (χ1) is 5.16. The monoisotopic (exact) mass is 162 g/mol. The van der Waals surface area contributed by atoms with Gasteiger partial charge in [0, 0.05) is 6.54 Å². The minimum absolute atomic E-state index is 0.199. The van der Waals surface area contributed by atoms with Crippen molar-refractivity contribution in [2.45, 2.75) is 24.4 Å². The summed E-state index contributed by atoms with van der Waals surface area (Å²) in [7, 11) is 0. The Morgan fingerprint density at radius 2 is 2.00 bits per heavy atom. The Morgan fingerprint density at radius 3 is 2.55 bits per heavy atom. The summed E-state index contributed by atoms with van der Waals surface area (Å²) in [5, 5.41) is 18.5. The van der Waals surface area contributed by atoms with Gasteiger partial charge in [0.1, 0.15) is 6.10 Å². The van der Waals surface area contributed by atoms with E-state index in [0.29, 0.717) is 0 Å². The van der Waals surface area contributed by atoms with E-state index in [9.17, 15) is 10.2 Å². The van der Waals surface area contributed by atoms with E-state index in [0.717, 1.165) is 0 Å². The Bertz CT molecular complexity index is 131. The van der Waals surface area contributed by atoms with Gasteiger partial charge in [-0.1, -0.05) is 0 Å². The Labute approximate surface area is 64.9 Å². The molecule has 5 nitrogen and oxygen atoms in total. The first kappa shape index (κ1) is 8.89. The van der Waals surface area contributed by atoms with Crippen LogP contribution in [0, 0.1) is 0 Å². The minimum Gasteiger partial charge on any atom is -0.389 e. The van der Waals surface area contributed by atoms with Crippen molar-refractivity contribution in [1.82, 2.24) is 0 Å². The maximum atomic E-state index is 9.27. The summed E-state index contributed by atoms with van der Waals surface area (Å²) in [5.41, 5.74) is 10.7. The highest BCUT2D eigenvalue weighted by Crippen LogP contribution is 2.12. The highest BCUT2D eigenvalue weighted by Gasteiger charge is 2.35. The van der Waals surface area contributed by atoms with Crippen molar-refractivity contribution in [3.05, 3.63) is 0 Å². The van der Waals surface area contributed by atoms with E-state index in [2.05, 4.69) is 0 Å². The van der Waals surface area contributed by atoms with Crippen LogP contribution in [0.3, 0.4) is 0 Å².